The molecule has 0 aromatic heterocycles. The standard InChI is InChI=1S/C9H7Cl2NO4/c10-3-4-16-9(13)6-1-2-7(11)8(5-6)12(14)15/h1-2,5H,3-4H2. The number of carbonyl (C=O) groups is 1. The predicted octanol–water partition coefficient (Wildman–Crippen LogP) is 2.64. The van der Waals surface area contributed by atoms with Gasteiger partial charge in [-0.2, -0.15) is 0 Å². The smallest absolute Gasteiger partial charge is 0.338 e. The maximum absolute atomic E-state index is 11.3. The monoisotopic (exact) mass is 263 g/mol. The first-order chi connectivity index (χ1) is 7.56. The summed E-state index contributed by atoms with van der Waals surface area (Å²) in [6, 6.07) is 3.70. The first-order valence-electron chi connectivity index (χ1n) is 4.23. The molecule has 0 N–H and O–H groups in total. The Bertz CT molecular complexity index is 422. The van der Waals surface area contributed by atoms with Gasteiger partial charge in [-0.15, -0.1) is 11.6 Å². The second kappa shape index (κ2) is 5.67. The van der Waals surface area contributed by atoms with Gasteiger partial charge in [0.15, 0.2) is 0 Å². The number of rotatable bonds is 4. The van der Waals surface area contributed by atoms with E-state index in [1.807, 2.05) is 0 Å². The molecule has 0 aliphatic rings. The van der Waals surface area contributed by atoms with Crippen LogP contribution in [0.2, 0.25) is 5.02 Å². The Morgan fingerprint density at radius 2 is 2.19 bits per heavy atom. The lowest BCUT2D eigenvalue weighted by molar-refractivity contribution is -0.384. The Kier molecular flexibility index (Phi) is 4.52. The predicted molar refractivity (Wildman–Crippen MR) is 59.1 cm³/mol. The highest BCUT2D eigenvalue weighted by Crippen LogP contribution is 2.25. The van der Waals surface area contributed by atoms with E-state index in [4.69, 9.17) is 27.9 Å². The zero-order valence-electron chi connectivity index (χ0n) is 7.98. The first kappa shape index (κ1) is 12.7. The summed E-state index contributed by atoms with van der Waals surface area (Å²) < 4.78 is 4.72. The molecule has 0 amide bonds. The van der Waals surface area contributed by atoms with E-state index in [9.17, 15) is 14.9 Å². The third-order valence-corrected chi connectivity index (χ3v) is 2.16. The highest BCUT2D eigenvalue weighted by atomic mass is 35.5. The maximum Gasteiger partial charge on any atom is 0.338 e. The van der Waals surface area contributed by atoms with Crippen LogP contribution in [0.5, 0.6) is 0 Å². The Balaban J connectivity index is 2.94. The van der Waals surface area contributed by atoms with Crippen molar-refractivity contribution in [2.75, 3.05) is 12.5 Å². The third kappa shape index (κ3) is 3.08. The summed E-state index contributed by atoms with van der Waals surface area (Å²) in [5, 5.41) is 10.5. The average molecular weight is 264 g/mol. The number of nitro benzene ring substituents is 1. The molecule has 0 saturated carbocycles. The SMILES string of the molecule is O=C(OCCCl)c1ccc(Cl)c([N+](=O)[O-])c1. The molecule has 0 spiro atoms. The molecule has 0 atom stereocenters. The molecule has 0 bridgehead atoms. The molecule has 5 nitrogen and oxygen atoms in total. The lowest BCUT2D eigenvalue weighted by Gasteiger charge is -2.02. The van der Waals surface area contributed by atoms with Crippen LogP contribution in [-0.4, -0.2) is 23.4 Å². The average Bonchev–Trinajstić information content (AvgIpc) is 2.26. The molecular weight excluding hydrogens is 257 g/mol. The number of alkyl halides is 1. The molecule has 0 heterocycles. The molecule has 0 unspecified atom stereocenters. The van der Waals surface area contributed by atoms with Gasteiger partial charge in [0.25, 0.3) is 5.69 Å². The number of nitro groups is 1. The number of carbonyl (C=O) groups excluding carboxylic acids is 1. The van der Waals surface area contributed by atoms with Crippen LogP contribution in [0, 0.1) is 10.1 Å². The van der Waals surface area contributed by atoms with E-state index in [2.05, 4.69) is 0 Å². The minimum atomic E-state index is -0.666. The first-order valence-corrected chi connectivity index (χ1v) is 5.14. The van der Waals surface area contributed by atoms with E-state index in [0.29, 0.717) is 0 Å². The molecule has 0 saturated heterocycles. The summed E-state index contributed by atoms with van der Waals surface area (Å²) in [6.07, 6.45) is 0. The van der Waals surface area contributed by atoms with E-state index in [1.54, 1.807) is 0 Å². The highest BCUT2D eigenvalue weighted by molar-refractivity contribution is 6.32. The Morgan fingerprint density at radius 1 is 1.50 bits per heavy atom. The summed E-state index contributed by atoms with van der Waals surface area (Å²) in [4.78, 5) is 21.2. The van der Waals surface area contributed by atoms with Crippen molar-refractivity contribution >= 4 is 34.9 Å². The van der Waals surface area contributed by atoms with Crippen molar-refractivity contribution in [2.24, 2.45) is 0 Å². The van der Waals surface area contributed by atoms with Crippen LogP contribution in [0.1, 0.15) is 10.4 Å². The summed E-state index contributed by atoms with van der Waals surface area (Å²) >= 11 is 10.9. The second-order valence-corrected chi connectivity index (χ2v) is 3.53. The second-order valence-electron chi connectivity index (χ2n) is 2.75. The molecule has 1 aromatic carbocycles. The zero-order chi connectivity index (χ0) is 12.1. The highest BCUT2D eigenvalue weighted by Gasteiger charge is 2.16. The molecule has 86 valence electrons. The number of halogens is 2. The van der Waals surface area contributed by atoms with Crippen molar-refractivity contribution in [3.05, 3.63) is 38.9 Å². The van der Waals surface area contributed by atoms with Crippen LogP contribution >= 0.6 is 23.2 Å². The molecule has 1 aromatic rings. The number of benzene rings is 1. The van der Waals surface area contributed by atoms with E-state index < -0.39 is 10.9 Å². The van der Waals surface area contributed by atoms with Crippen molar-refractivity contribution in [1.82, 2.24) is 0 Å². The van der Waals surface area contributed by atoms with Gasteiger partial charge in [0.1, 0.15) is 11.6 Å². The molecule has 1 rings (SSSR count). The molecule has 0 radical (unpaired) electrons. The molecular formula is C9H7Cl2NO4. The molecule has 7 heteroatoms. The lowest BCUT2D eigenvalue weighted by Crippen LogP contribution is -2.07. The third-order valence-electron chi connectivity index (χ3n) is 1.69. The minimum absolute atomic E-state index is 0.0288. The Labute approximate surface area is 101 Å². The minimum Gasteiger partial charge on any atom is -0.461 e. The summed E-state index contributed by atoms with van der Waals surface area (Å²) in [5.41, 5.74) is -0.261. The quantitative estimate of drug-likeness (QED) is 0.363. The molecule has 0 aliphatic heterocycles. The summed E-state index contributed by atoms with van der Waals surface area (Å²) in [7, 11) is 0. The Morgan fingerprint density at radius 3 is 2.75 bits per heavy atom. The normalized spacial score (nSPS) is 9.88. The van der Waals surface area contributed by atoms with Crippen molar-refractivity contribution in [3.63, 3.8) is 0 Å². The van der Waals surface area contributed by atoms with Crippen LogP contribution in [0.4, 0.5) is 5.69 Å². The maximum atomic E-state index is 11.3. The van der Waals surface area contributed by atoms with Crippen molar-refractivity contribution in [2.45, 2.75) is 0 Å². The number of nitrogens with zero attached hydrogens (tertiary/aromatic N) is 1. The van der Waals surface area contributed by atoms with E-state index in [1.165, 1.54) is 12.1 Å². The van der Waals surface area contributed by atoms with Crippen LogP contribution < -0.4 is 0 Å². The van der Waals surface area contributed by atoms with Gasteiger partial charge in [0.05, 0.1) is 16.4 Å². The fraction of sp³-hybridized carbons (Fsp3) is 0.222. The largest absolute Gasteiger partial charge is 0.461 e. The molecule has 0 aliphatic carbocycles. The van der Waals surface area contributed by atoms with Crippen molar-refractivity contribution < 1.29 is 14.5 Å². The van der Waals surface area contributed by atoms with Gasteiger partial charge in [-0.05, 0) is 12.1 Å². The van der Waals surface area contributed by atoms with E-state index in [-0.39, 0.29) is 28.8 Å². The van der Waals surface area contributed by atoms with Gasteiger partial charge in [0.2, 0.25) is 0 Å². The van der Waals surface area contributed by atoms with E-state index in [0.717, 1.165) is 6.07 Å². The molecule has 0 fully saturated rings. The van der Waals surface area contributed by atoms with Crippen molar-refractivity contribution in [1.29, 1.82) is 0 Å². The van der Waals surface area contributed by atoms with Crippen LogP contribution in [0.15, 0.2) is 18.2 Å². The van der Waals surface area contributed by atoms with Gasteiger partial charge in [0, 0.05) is 6.07 Å². The summed E-state index contributed by atoms with van der Waals surface area (Å²) in [5.74, 6) is -0.498. The lowest BCUT2D eigenvalue weighted by atomic mass is 10.2. The fourth-order valence-corrected chi connectivity index (χ4v) is 1.26. The number of hydrogen-bond donors (Lipinski definition) is 0. The van der Waals surface area contributed by atoms with Crippen LogP contribution in [0.3, 0.4) is 0 Å². The van der Waals surface area contributed by atoms with Crippen LogP contribution in [0.25, 0.3) is 0 Å². The number of ether oxygens (including phenoxy) is 1. The van der Waals surface area contributed by atoms with Gasteiger partial charge < -0.3 is 4.74 Å². The number of esters is 1. The van der Waals surface area contributed by atoms with Crippen LogP contribution in [-0.2, 0) is 4.74 Å². The van der Waals surface area contributed by atoms with Gasteiger partial charge >= 0.3 is 5.97 Å². The van der Waals surface area contributed by atoms with Gasteiger partial charge in [-0.25, -0.2) is 4.79 Å². The van der Waals surface area contributed by atoms with Gasteiger partial charge in [-0.3, -0.25) is 10.1 Å². The van der Waals surface area contributed by atoms with Crippen molar-refractivity contribution in [3.8, 4) is 0 Å². The van der Waals surface area contributed by atoms with Gasteiger partial charge in [-0.1, -0.05) is 11.6 Å². The fourth-order valence-electron chi connectivity index (χ4n) is 0.994. The number of hydrogen-bond acceptors (Lipinski definition) is 4. The Hall–Kier alpha value is -1.33. The van der Waals surface area contributed by atoms with E-state index >= 15 is 0 Å². The zero-order valence-corrected chi connectivity index (χ0v) is 9.49. The summed E-state index contributed by atoms with van der Waals surface area (Å²) in [6.45, 7) is 0.0524. The topological polar surface area (TPSA) is 69.4 Å². The molecule has 16 heavy (non-hydrogen) atoms.